The minimum Gasteiger partial charge on any atom is -0.461 e. The highest BCUT2D eigenvalue weighted by Crippen LogP contribution is 2.00. The van der Waals surface area contributed by atoms with E-state index in [1.807, 2.05) is 4.90 Å². The van der Waals surface area contributed by atoms with E-state index in [1.54, 1.807) is 0 Å². The first-order chi connectivity index (χ1) is 9.97. The fourth-order valence-electron chi connectivity index (χ4n) is 1.69. The van der Waals surface area contributed by atoms with E-state index in [0.29, 0.717) is 26.3 Å². The van der Waals surface area contributed by atoms with Crippen LogP contribution < -0.4 is 0 Å². The predicted octanol–water partition coefficient (Wildman–Crippen LogP) is -0.512. The van der Waals surface area contributed by atoms with Crippen LogP contribution >= 0.6 is 0 Å². The summed E-state index contributed by atoms with van der Waals surface area (Å²) in [5.74, 6) is -1.09. The molecule has 0 aromatic rings. The highest BCUT2D eigenvalue weighted by molar-refractivity contribution is 5.71. The molecule has 21 heavy (non-hydrogen) atoms. The third-order valence-corrected chi connectivity index (χ3v) is 2.61. The number of hydrogen-bond donors (Lipinski definition) is 1. The molecule has 1 rings (SSSR count). The molecule has 0 aromatic heterocycles. The van der Waals surface area contributed by atoms with E-state index in [1.165, 1.54) is 6.92 Å². The Kier molecular flexibility index (Phi) is 7.48. The smallest absolute Gasteiger partial charge is 0.461 e. The molecule has 0 saturated carbocycles. The second kappa shape index (κ2) is 9.14. The van der Waals surface area contributed by atoms with Gasteiger partial charge in [-0.1, -0.05) is 0 Å². The number of hydrogen-bond acceptors (Lipinski definition) is 8. The van der Waals surface area contributed by atoms with Crippen molar-refractivity contribution in [1.82, 2.24) is 4.90 Å². The van der Waals surface area contributed by atoms with Gasteiger partial charge in [0.1, 0.15) is 13.2 Å². The predicted molar refractivity (Wildman–Crippen MR) is 67.7 cm³/mol. The van der Waals surface area contributed by atoms with Crippen LogP contribution in [0.1, 0.15) is 6.92 Å². The number of carbonyl (C=O) groups is 3. The zero-order valence-corrected chi connectivity index (χ0v) is 11.8. The summed E-state index contributed by atoms with van der Waals surface area (Å²) >= 11 is 0. The summed E-state index contributed by atoms with van der Waals surface area (Å²) in [4.78, 5) is 34.7. The second-order valence-corrected chi connectivity index (χ2v) is 4.38. The van der Waals surface area contributed by atoms with Crippen molar-refractivity contribution in [3.05, 3.63) is 0 Å². The number of rotatable bonds is 7. The Hall–Kier alpha value is -1.87. The maximum Gasteiger partial charge on any atom is 0.505 e. The van der Waals surface area contributed by atoms with E-state index in [4.69, 9.17) is 19.3 Å². The Morgan fingerprint density at radius 2 is 1.81 bits per heavy atom. The quantitative estimate of drug-likeness (QED) is 0.490. The van der Waals surface area contributed by atoms with Crippen LogP contribution in [0.3, 0.4) is 0 Å². The van der Waals surface area contributed by atoms with Gasteiger partial charge in [0.15, 0.2) is 6.10 Å². The lowest BCUT2D eigenvalue weighted by atomic mass is 10.4. The number of esters is 2. The molecule has 0 aromatic carbocycles. The van der Waals surface area contributed by atoms with E-state index in [0.717, 1.165) is 0 Å². The lowest BCUT2D eigenvalue weighted by Crippen LogP contribution is -2.40. The van der Waals surface area contributed by atoms with Crippen molar-refractivity contribution in [1.29, 1.82) is 0 Å². The number of morpholine rings is 1. The number of carbonyl (C=O) groups excluding carboxylic acids is 2. The van der Waals surface area contributed by atoms with Crippen molar-refractivity contribution >= 4 is 18.1 Å². The van der Waals surface area contributed by atoms with E-state index in [2.05, 4.69) is 4.74 Å². The fourth-order valence-corrected chi connectivity index (χ4v) is 1.69. The van der Waals surface area contributed by atoms with Gasteiger partial charge in [-0.2, -0.15) is 0 Å². The van der Waals surface area contributed by atoms with Gasteiger partial charge in [-0.15, -0.1) is 0 Å². The van der Waals surface area contributed by atoms with Gasteiger partial charge >= 0.3 is 18.1 Å². The van der Waals surface area contributed by atoms with Crippen LogP contribution in [0.4, 0.5) is 4.79 Å². The zero-order valence-electron chi connectivity index (χ0n) is 11.8. The minimum absolute atomic E-state index is 0.107. The van der Waals surface area contributed by atoms with E-state index >= 15 is 0 Å². The molecule has 1 heterocycles. The number of ether oxygens (including phenoxy) is 4. The largest absolute Gasteiger partial charge is 0.505 e. The normalized spacial score (nSPS) is 16.8. The molecule has 0 amide bonds. The molecule has 0 radical (unpaired) electrons. The van der Waals surface area contributed by atoms with Crippen LogP contribution in [-0.4, -0.2) is 80.3 Å². The third kappa shape index (κ3) is 8.10. The van der Waals surface area contributed by atoms with Gasteiger partial charge in [0.2, 0.25) is 0 Å². The van der Waals surface area contributed by atoms with Gasteiger partial charge < -0.3 is 24.1 Å². The van der Waals surface area contributed by atoms with Crippen LogP contribution in [0, 0.1) is 0 Å². The summed E-state index contributed by atoms with van der Waals surface area (Å²) in [5.41, 5.74) is 0. The molecule has 0 aliphatic carbocycles. The van der Waals surface area contributed by atoms with Crippen molar-refractivity contribution in [2.45, 2.75) is 13.0 Å². The summed E-state index contributed by atoms with van der Waals surface area (Å²) in [6.07, 6.45) is -2.45. The van der Waals surface area contributed by atoms with Crippen LogP contribution in [0.5, 0.6) is 0 Å². The Morgan fingerprint density at radius 3 is 2.38 bits per heavy atom. The molecule has 0 bridgehead atoms. The summed E-state index contributed by atoms with van der Waals surface area (Å²) in [5, 5.41) is 8.40. The van der Waals surface area contributed by atoms with Crippen molar-refractivity contribution in [2.75, 3.05) is 46.1 Å². The van der Waals surface area contributed by atoms with Crippen LogP contribution in [-0.2, 0) is 28.5 Å². The molecule has 1 aliphatic rings. The molecule has 1 aliphatic heterocycles. The van der Waals surface area contributed by atoms with Gasteiger partial charge in [0.25, 0.3) is 0 Å². The van der Waals surface area contributed by atoms with Crippen molar-refractivity contribution < 1.29 is 38.4 Å². The van der Waals surface area contributed by atoms with E-state index in [9.17, 15) is 14.4 Å². The first kappa shape index (κ1) is 17.2. The molecule has 9 heteroatoms. The van der Waals surface area contributed by atoms with Crippen LogP contribution in [0.25, 0.3) is 0 Å². The Bertz CT molecular complexity index is 366. The minimum atomic E-state index is -1.49. The third-order valence-electron chi connectivity index (χ3n) is 2.61. The average Bonchev–Trinajstić information content (AvgIpc) is 2.42. The maximum atomic E-state index is 11.6. The van der Waals surface area contributed by atoms with Crippen LogP contribution in [0.15, 0.2) is 0 Å². The topological polar surface area (TPSA) is 112 Å². The zero-order chi connectivity index (χ0) is 15.7. The molecule has 1 N–H and O–H groups in total. The monoisotopic (exact) mass is 305 g/mol. The van der Waals surface area contributed by atoms with Crippen LogP contribution in [0.2, 0.25) is 0 Å². The van der Waals surface area contributed by atoms with Gasteiger partial charge in [-0.3, -0.25) is 14.5 Å². The van der Waals surface area contributed by atoms with Gasteiger partial charge in [-0.25, -0.2) is 4.79 Å². The van der Waals surface area contributed by atoms with E-state index < -0.39 is 24.2 Å². The highest BCUT2D eigenvalue weighted by Gasteiger charge is 2.19. The number of carboxylic acid groups (broad SMARTS) is 1. The average molecular weight is 305 g/mol. The van der Waals surface area contributed by atoms with Crippen molar-refractivity contribution in [3.8, 4) is 0 Å². The molecule has 1 unspecified atom stereocenters. The van der Waals surface area contributed by atoms with Gasteiger partial charge in [0.05, 0.1) is 19.8 Å². The molecule has 1 atom stereocenters. The maximum absolute atomic E-state index is 11.6. The summed E-state index contributed by atoms with van der Waals surface area (Å²) in [6.45, 7) is 3.05. The first-order valence-corrected chi connectivity index (χ1v) is 6.46. The molecule has 9 nitrogen and oxygen atoms in total. The first-order valence-electron chi connectivity index (χ1n) is 6.46. The fraction of sp³-hybridized carbons (Fsp3) is 0.750. The summed E-state index contributed by atoms with van der Waals surface area (Å²) in [6, 6.07) is 0. The van der Waals surface area contributed by atoms with Crippen molar-refractivity contribution in [2.24, 2.45) is 0 Å². The molecular formula is C12H19NO8. The summed E-state index contributed by atoms with van der Waals surface area (Å²) < 4.78 is 19.2. The SMILES string of the molecule is CC(=O)OC(COC(=O)O)COC(=O)CN1CCOCC1. The highest BCUT2D eigenvalue weighted by atomic mass is 16.7. The molecule has 120 valence electrons. The summed E-state index contributed by atoms with van der Waals surface area (Å²) in [7, 11) is 0. The number of nitrogens with zero attached hydrogens (tertiary/aromatic N) is 1. The second-order valence-electron chi connectivity index (χ2n) is 4.38. The molecule has 0 spiro atoms. The lowest BCUT2D eigenvalue weighted by Gasteiger charge is -2.25. The lowest BCUT2D eigenvalue weighted by molar-refractivity contribution is -0.161. The molecule has 1 fully saturated rings. The standard InChI is InChI=1S/C12H19NO8/c1-9(14)21-10(8-20-12(16)17)7-19-11(15)6-13-2-4-18-5-3-13/h10H,2-8H2,1H3,(H,16,17). The van der Waals surface area contributed by atoms with Gasteiger partial charge in [0, 0.05) is 20.0 Å². The Morgan fingerprint density at radius 1 is 1.19 bits per heavy atom. The van der Waals surface area contributed by atoms with Gasteiger partial charge in [-0.05, 0) is 0 Å². The molecule has 1 saturated heterocycles. The van der Waals surface area contributed by atoms with E-state index in [-0.39, 0.29) is 19.8 Å². The van der Waals surface area contributed by atoms with Crippen molar-refractivity contribution in [3.63, 3.8) is 0 Å². The molecular weight excluding hydrogens is 286 g/mol. The Balaban J connectivity index is 2.30. The Labute approximate surface area is 121 Å².